The van der Waals surface area contributed by atoms with E-state index < -0.39 is 5.85 Å². The minimum Gasteiger partial charge on any atom is -0.362 e. The van der Waals surface area contributed by atoms with Crippen LogP contribution in [0.1, 0.15) is 25.7 Å². The zero-order valence-electron chi connectivity index (χ0n) is 4.15. The third-order valence-corrected chi connectivity index (χ3v) is 1.37. The maximum atomic E-state index is 12.2. The van der Waals surface area contributed by atoms with E-state index >= 15 is 0 Å². The molecule has 1 aliphatic carbocycles. The van der Waals surface area contributed by atoms with E-state index in [9.17, 15) is 4.39 Å². The van der Waals surface area contributed by atoms with E-state index in [0.29, 0.717) is 12.8 Å². The van der Waals surface area contributed by atoms with Crippen molar-refractivity contribution in [2.24, 2.45) is 0 Å². The fourth-order valence-electron chi connectivity index (χ4n) is 0.917. The molecule has 7 heavy (non-hydrogen) atoms. The Hall–Kier alpha value is -0.110. The highest BCUT2D eigenvalue weighted by Crippen LogP contribution is 2.29. The van der Waals surface area contributed by atoms with Gasteiger partial charge < -0.3 is 5.11 Å². The predicted octanol–water partition coefficient (Wildman–Crippen LogP) is 1.22. The summed E-state index contributed by atoms with van der Waals surface area (Å²) in [5.74, 6) is -1.81. The lowest BCUT2D eigenvalue weighted by Gasteiger charge is -2.07. The van der Waals surface area contributed by atoms with Crippen LogP contribution in [-0.2, 0) is 0 Å². The van der Waals surface area contributed by atoms with Crippen LogP contribution in [0.3, 0.4) is 0 Å². The fraction of sp³-hybridized carbons (Fsp3) is 1.00. The van der Waals surface area contributed by atoms with Crippen LogP contribution in [0.2, 0.25) is 0 Å². The first-order valence-corrected chi connectivity index (χ1v) is 2.62. The Balaban J connectivity index is 2.40. The molecule has 1 fully saturated rings. The molecular formula is C5H9FO. The molecule has 0 aromatic heterocycles. The molecule has 0 atom stereocenters. The third-order valence-electron chi connectivity index (χ3n) is 1.37. The molecule has 0 heterocycles. The summed E-state index contributed by atoms with van der Waals surface area (Å²) in [4.78, 5) is 0. The summed E-state index contributed by atoms with van der Waals surface area (Å²) >= 11 is 0. The molecule has 0 aromatic rings. The summed E-state index contributed by atoms with van der Waals surface area (Å²) in [7, 11) is 0. The van der Waals surface area contributed by atoms with Gasteiger partial charge in [0.1, 0.15) is 0 Å². The van der Waals surface area contributed by atoms with Gasteiger partial charge in [0.2, 0.25) is 5.85 Å². The summed E-state index contributed by atoms with van der Waals surface area (Å²) in [6.07, 6.45) is 2.36. The van der Waals surface area contributed by atoms with E-state index in [-0.39, 0.29) is 0 Å². The first kappa shape index (κ1) is 5.04. The first-order chi connectivity index (χ1) is 3.21. The van der Waals surface area contributed by atoms with Crippen LogP contribution in [0, 0.1) is 0 Å². The van der Waals surface area contributed by atoms with Crippen molar-refractivity contribution < 1.29 is 9.50 Å². The lowest BCUT2D eigenvalue weighted by atomic mass is 10.3. The molecule has 0 aliphatic heterocycles. The van der Waals surface area contributed by atoms with Crippen molar-refractivity contribution in [3.63, 3.8) is 0 Å². The average molecular weight is 104 g/mol. The molecule has 0 unspecified atom stereocenters. The van der Waals surface area contributed by atoms with E-state index in [0.717, 1.165) is 12.8 Å². The molecule has 1 nitrogen and oxygen atoms in total. The second-order valence-electron chi connectivity index (χ2n) is 2.13. The van der Waals surface area contributed by atoms with Crippen LogP contribution < -0.4 is 0 Å². The minimum atomic E-state index is -1.81. The van der Waals surface area contributed by atoms with Crippen molar-refractivity contribution in [2.75, 3.05) is 0 Å². The lowest BCUT2D eigenvalue weighted by Crippen LogP contribution is -2.14. The zero-order chi connectivity index (χ0) is 5.33. The Morgan fingerprint density at radius 2 is 1.71 bits per heavy atom. The van der Waals surface area contributed by atoms with Crippen molar-refractivity contribution in [1.29, 1.82) is 0 Å². The molecule has 42 valence electrons. The fourth-order valence-corrected chi connectivity index (χ4v) is 0.917. The topological polar surface area (TPSA) is 20.2 Å². The highest BCUT2D eigenvalue weighted by molar-refractivity contribution is 4.72. The Bertz CT molecular complexity index is 62.5. The second-order valence-corrected chi connectivity index (χ2v) is 2.13. The molecule has 1 rings (SSSR count). The Kier molecular flexibility index (Phi) is 1.04. The van der Waals surface area contributed by atoms with Crippen LogP contribution in [0.25, 0.3) is 0 Å². The van der Waals surface area contributed by atoms with Crippen molar-refractivity contribution in [2.45, 2.75) is 31.5 Å². The summed E-state index contributed by atoms with van der Waals surface area (Å²) < 4.78 is 12.2. The first-order valence-electron chi connectivity index (χ1n) is 2.62. The molecule has 2 heteroatoms. The van der Waals surface area contributed by atoms with Crippen LogP contribution in [-0.4, -0.2) is 11.0 Å². The summed E-state index contributed by atoms with van der Waals surface area (Å²) in [5, 5.41) is 8.53. The summed E-state index contributed by atoms with van der Waals surface area (Å²) in [6, 6.07) is 0. The van der Waals surface area contributed by atoms with Gasteiger partial charge in [-0.2, -0.15) is 0 Å². The standard InChI is InChI=1S/C5H9FO/c6-5(7)3-1-2-4-5/h7H,1-4H2. The smallest absolute Gasteiger partial charge is 0.206 e. The molecule has 0 aromatic carbocycles. The zero-order valence-corrected chi connectivity index (χ0v) is 4.15. The number of rotatable bonds is 0. The van der Waals surface area contributed by atoms with Gasteiger partial charge >= 0.3 is 0 Å². The summed E-state index contributed by atoms with van der Waals surface area (Å²) in [6.45, 7) is 0. The quantitative estimate of drug-likeness (QED) is 0.490. The lowest BCUT2D eigenvalue weighted by molar-refractivity contribution is -0.0801. The number of hydrogen-bond donors (Lipinski definition) is 1. The predicted molar refractivity (Wildman–Crippen MR) is 24.5 cm³/mol. The van der Waals surface area contributed by atoms with Crippen molar-refractivity contribution in [3.05, 3.63) is 0 Å². The van der Waals surface area contributed by atoms with Crippen LogP contribution in [0.5, 0.6) is 0 Å². The van der Waals surface area contributed by atoms with Gasteiger partial charge in [-0.05, 0) is 12.8 Å². The van der Waals surface area contributed by atoms with Gasteiger partial charge in [-0.15, -0.1) is 0 Å². The Labute approximate surface area is 42.2 Å². The maximum absolute atomic E-state index is 12.2. The largest absolute Gasteiger partial charge is 0.362 e. The molecule has 0 bridgehead atoms. The molecule has 0 amide bonds. The van der Waals surface area contributed by atoms with E-state index in [4.69, 9.17) is 5.11 Å². The van der Waals surface area contributed by atoms with E-state index in [1.807, 2.05) is 0 Å². The van der Waals surface area contributed by atoms with Gasteiger partial charge in [0.15, 0.2) is 0 Å². The molecular weight excluding hydrogens is 95.1 g/mol. The molecule has 1 aliphatic rings. The van der Waals surface area contributed by atoms with Gasteiger partial charge in [-0.1, -0.05) is 0 Å². The van der Waals surface area contributed by atoms with Crippen LogP contribution in [0.15, 0.2) is 0 Å². The van der Waals surface area contributed by atoms with Gasteiger partial charge in [0, 0.05) is 12.8 Å². The SMILES string of the molecule is OC1(F)CCCC1. The van der Waals surface area contributed by atoms with E-state index in [1.165, 1.54) is 0 Å². The van der Waals surface area contributed by atoms with Crippen molar-refractivity contribution in [3.8, 4) is 0 Å². The highest BCUT2D eigenvalue weighted by Gasteiger charge is 2.29. The van der Waals surface area contributed by atoms with Gasteiger partial charge in [-0.25, -0.2) is 4.39 Å². The summed E-state index contributed by atoms with van der Waals surface area (Å²) in [5.41, 5.74) is 0. The second kappa shape index (κ2) is 1.44. The van der Waals surface area contributed by atoms with Crippen LogP contribution in [0.4, 0.5) is 4.39 Å². The molecule has 1 saturated carbocycles. The van der Waals surface area contributed by atoms with Gasteiger partial charge in [0.25, 0.3) is 0 Å². The monoisotopic (exact) mass is 104 g/mol. The van der Waals surface area contributed by atoms with Crippen molar-refractivity contribution >= 4 is 0 Å². The van der Waals surface area contributed by atoms with Gasteiger partial charge in [-0.3, -0.25) is 0 Å². The molecule has 0 spiro atoms. The molecule has 0 radical (unpaired) electrons. The number of alkyl halides is 1. The Morgan fingerprint density at radius 1 is 1.29 bits per heavy atom. The van der Waals surface area contributed by atoms with Crippen LogP contribution >= 0.6 is 0 Å². The van der Waals surface area contributed by atoms with Crippen molar-refractivity contribution in [1.82, 2.24) is 0 Å². The normalized spacial score (nSPS) is 28.3. The van der Waals surface area contributed by atoms with Gasteiger partial charge in [0.05, 0.1) is 0 Å². The van der Waals surface area contributed by atoms with E-state index in [2.05, 4.69) is 0 Å². The third kappa shape index (κ3) is 1.13. The average Bonchev–Trinajstić information content (AvgIpc) is 1.84. The number of hydrogen-bond acceptors (Lipinski definition) is 1. The maximum Gasteiger partial charge on any atom is 0.206 e. The Morgan fingerprint density at radius 3 is 1.86 bits per heavy atom. The van der Waals surface area contributed by atoms with E-state index in [1.54, 1.807) is 0 Å². The molecule has 0 saturated heterocycles. The number of halogens is 1. The highest BCUT2D eigenvalue weighted by atomic mass is 19.2. The molecule has 1 N–H and O–H groups in total. The minimum absolute atomic E-state index is 0.340. The number of aliphatic hydroxyl groups is 1.